The van der Waals surface area contributed by atoms with Crippen LogP contribution in [0.1, 0.15) is 16.7 Å². The fourth-order valence-corrected chi connectivity index (χ4v) is 2.99. The average molecular weight is 311 g/mol. The topological polar surface area (TPSA) is 38.8 Å². The minimum absolute atomic E-state index is 0.135. The molecule has 0 radical (unpaired) electrons. The van der Waals surface area contributed by atoms with Crippen molar-refractivity contribution in [3.05, 3.63) is 59.2 Å². The Kier molecular flexibility index (Phi) is 4.51. The van der Waals surface area contributed by atoms with Crippen LogP contribution in [0.2, 0.25) is 0 Å². The predicted octanol–water partition coefficient (Wildman–Crippen LogP) is 2.83. The molecule has 0 N–H and O–H groups in total. The third-order valence-electron chi connectivity index (χ3n) is 4.31. The van der Waals surface area contributed by atoms with Crippen molar-refractivity contribution in [2.24, 2.45) is 0 Å². The SMILES string of the molecule is COc1ccc2c(c1)CCN(C(=O)Cc1ccccc1OC)C2. The molecule has 23 heavy (non-hydrogen) atoms. The molecule has 1 aliphatic rings. The van der Waals surface area contributed by atoms with E-state index in [0.717, 1.165) is 30.0 Å². The van der Waals surface area contributed by atoms with Gasteiger partial charge in [-0.3, -0.25) is 4.79 Å². The highest BCUT2D eigenvalue weighted by atomic mass is 16.5. The first kappa shape index (κ1) is 15.4. The van der Waals surface area contributed by atoms with E-state index in [0.29, 0.717) is 13.0 Å². The van der Waals surface area contributed by atoms with Gasteiger partial charge in [0, 0.05) is 18.7 Å². The second kappa shape index (κ2) is 6.73. The maximum Gasteiger partial charge on any atom is 0.227 e. The zero-order chi connectivity index (χ0) is 16.2. The van der Waals surface area contributed by atoms with Crippen molar-refractivity contribution in [1.29, 1.82) is 0 Å². The second-order valence-corrected chi connectivity index (χ2v) is 5.69. The number of carbonyl (C=O) groups excluding carboxylic acids is 1. The van der Waals surface area contributed by atoms with Gasteiger partial charge in [-0.25, -0.2) is 0 Å². The van der Waals surface area contributed by atoms with E-state index in [1.54, 1.807) is 14.2 Å². The van der Waals surface area contributed by atoms with Crippen molar-refractivity contribution < 1.29 is 14.3 Å². The number of para-hydroxylation sites is 1. The maximum absolute atomic E-state index is 12.6. The van der Waals surface area contributed by atoms with Gasteiger partial charge in [-0.15, -0.1) is 0 Å². The normalized spacial score (nSPS) is 13.4. The summed E-state index contributed by atoms with van der Waals surface area (Å²) in [5.74, 6) is 1.77. The zero-order valence-corrected chi connectivity index (χ0v) is 13.5. The number of fused-ring (bicyclic) bond motifs is 1. The first-order chi connectivity index (χ1) is 11.2. The molecule has 1 amide bonds. The predicted molar refractivity (Wildman–Crippen MR) is 88.8 cm³/mol. The summed E-state index contributed by atoms with van der Waals surface area (Å²) >= 11 is 0. The van der Waals surface area contributed by atoms with Crippen LogP contribution < -0.4 is 9.47 Å². The highest BCUT2D eigenvalue weighted by Crippen LogP contribution is 2.25. The van der Waals surface area contributed by atoms with Gasteiger partial charge in [0.05, 0.1) is 20.6 Å². The number of rotatable bonds is 4. The van der Waals surface area contributed by atoms with Crippen molar-refractivity contribution in [3.63, 3.8) is 0 Å². The Morgan fingerprint density at radius 2 is 1.91 bits per heavy atom. The number of hydrogen-bond acceptors (Lipinski definition) is 3. The Morgan fingerprint density at radius 1 is 1.09 bits per heavy atom. The van der Waals surface area contributed by atoms with Crippen LogP contribution in [-0.4, -0.2) is 31.6 Å². The summed E-state index contributed by atoms with van der Waals surface area (Å²) < 4.78 is 10.6. The zero-order valence-electron chi connectivity index (χ0n) is 13.5. The van der Waals surface area contributed by atoms with Crippen molar-refractivity contribution in [2.75, 3.05) is 20.8 Å². The number of hydrogen-bond donors (Lipinski definition) is 0. The summed E-state index contributed by atoms with van der Waals surface area (Å²) in [5, 5.41) is 0. The number of benzene rings is 2. The van der Waals surface area contributed by atoms with Gasteiger partial charge in [0.1, 0.15) is 11.5 Å². The van der Waals surface area contributed by atoms with E-state index in [4.69, 9.17) is 9.47 Å². The molecule has 0 bridgehead atoms. The van der Waals surface area contributed by atoms with Gasteiger partial charge in [0.25, 0.3) is 0 Å². The minimum atomic E-state index is 0.135. The van der Waals surface area contributed by atoms with Gasteiger partial charge in [0.2, 0.25) is 5.91 Å². The summed E-state index contributed by atoms with van der Waals surface area (Å²) in [5.41, 5.74) is 3.40. The highest BCUT2D eigenvalue weighted by Gasteiger charge is 2.22. The summed E-state index contributed by atoms with van der Waals surface area (Å²) in [7, 11) is 3.31. The van der Waals surface area contributed by atoms with Gasteiger partial charge in [-0.1, -0.05) is 24.3 Å². The highest BCUT2D eigenvalue weighted by molar-refractivity contribution is 5.79. The van der Waals surface area contributed by atoms with E-state index in [1.807, 2.05) is 35.2 Å². The number of nitrogens with zero attached hydrogens (tertiary/aromatic N) is 1. The fourth-order valence-electron chi connectivity index (χ4n) is 2.99. The van der Waals surface area contributed by atoms with Crippen molar-refractivity contribution in [3.8, 4) is 11.5 Å². The lowest BCUT2D eigenvalue weighted by Crippen LogP contribution is -2.36. The smallest absolute Gasteiger partial charge is 0.227 e. The molecule has 4 nitrogen and oxygen atoms in total. The third-order valence-corrected chi connectivity index (χ3v) is 4.31. The number of methoxy groups -OCH3 is 2. The Labute approximate surface area is 136 Å². The molecule has 0 aliphatic carbocycles. The van der Waals surface area contributed by atoms with E-state index < -0.39 is 0 Å². The Bertz CT molecular complexity index is 712. The molecule has 0 spiro atoms. The molecule has 0 aromatic heterocycles. The first-order valence-electron chi connectivity index (χ1n) is 7.76. The standard InChI is InChI=1S/C19H21NO3/c1-22-17-8-7-16-13-20(10-9-14(16)11-17)19(21)12-15-5-3-4-6-18(15)23-2/h3-8,11H,9-10,12-13H2,1-2H3. The molecule has 0 atom stereocenters. The molecule has 2 aromatic rings. The molecule has 120 valence electrons. The Balaban J connectivity index is 1.72. The largest absolute Gasteiger partial charge is 0.497 e. The van der Waals surface area contributed by atoms with Gasteiger partial charge in [0.15, 0.2) is 0 Å². The first-order valence-corrected chi connectivity index (χ1v) is 7.76. The van der Waals surface area contributed by atoms with E-state index in [9.17, 15) is 4.79 Å². The molecule has 0 saturated heterocycles. The molecule has 3 rings (SSSR count). The molecule has 0 fully saturated rings. The van der Waals surface area contributed by atoms with E-state index >= 15 is 0 Å². The molecule has 2 aromatic carbocycles. The van der Waals surface area contributed by atoms with Crippen molar-refractivity contribution in [1.82, 2.24) is 4.90 Å². The Hall–Kier alpha value is -2.49. The molecule has 0 unspecified atom stereocenters. The monoisotopic (exact) mass is 311 g/mol. The van der Waals surface area contributed by atoms with Crippen LogP contribution in [0.25, 0.3) is 0 Å². The van der Waals surface area contributed by atoms with Crippen LogP contribution >= 0.6 is 0 Å². The lowest BCUT2D eigenvalue weighted by molar-refractivity contribution is -0.131. The summed E-state index contributed by atoms with van der Waals surface area (Å²) in [6.45, 7) is 1.40. The summed E-state index contributed by atoms with van der Waals surface area (Å²) in [6, 6.07) is 13.8. The molecule has 0 saturated carbocycles. The summed E-state index contributed by atoms with van der Waals surface area (Å²) in [6.07, 6.45) is 1.24. The number of ether oxygens (including phenoxy) is 2. The van der Waals surface area contributed by atoms with Crippen LogP contribution in [0, 0.1) is 0 Å². The van der Waals surface area contributed by atoms with Gasteiger partial charge >= 0.3 is 0 Å². The minimum Gasteiger partial charge on any atom is -0.497 e. The number of amides is 1. The molecular formula is C19H21NO3. The van der Waals surface area contributed by atoms with Crippen LogP contribution in [0.3, 0.4) is 0 Å². The van der Waals surface area contributed by atoms with E-state index in [2.05, 4.69) is 12.1 Å². The second-order valence-electron chi connectivity index (χ2n) is 5.69. The van der Waals surface area contributed by atoms with Crippen molar-refractivity contribution >= 4 is 5.91 Å². The molecular weight excluding hydrogens is 290 g/mol. The molecule has 4 heteroatoms. The van der Waals surface area contributed by atoms with Crippen LogP contribution in [-0.2, 0) is 24.2 Å². The lowest BCUT2D eigenvalue weighted by atomic mass is 9.98. The molecule has 1 aliphatic heterocycles. The van der Waals surface area contributed by atoms with Gasteiger partial charge in [-0.2, -0.15) is 0 Å². The quantitative estimate of drug-likeness (QED) is 0.871. The maximum atomic E-state index is 12.6. The van der Waals surface area contributed by atoms with E-state index in [1.165, 1.54) is 11.1 Å². The van der Waals surface area contributed by atoms with E-state index in [-0.39, 0.29) is 5.91 Å². The van der Waals surface area contributed by atoms with Crippen LogP contribution in [0.4, 0.5) is 0 Å². The summed E-state index contributed by atoms with van der Waals surface area (Å²) in [4.78, 5) is 14.5. The molecule has 1 heterocycles. The Morgan fingerprint density at radius 3 is 2.70 bits per heavy atom. The van der Waals surface area contributed by atoms with Crippen LogP contribution in [0.5, 0.6) is 11.5 Å². The lowest BCUT2D eigenvalue weighted by Gasteiger charge is -2.29. The average Bonchev–Trinajstić information content (AvgIpc) is 2.61. The van der Waals surface area contributed by atoms with Gasteiger partial charge in [-0.05, 0) is 35.7 Å². The van der Waals surface area contributed by atoms with Crippen LogP contribution in [0.15, 0.2) is 42.5 Å². The number of carbonyl (C=O) groups is 1. The van der Waals surface area contributed by atoms with Crippen molar-refractivity contribution in [2.45, 2.75) is 19.4 Å². The van der Waals surface area contributed by atoms with Gasteiger partial charge < -0.3 is 14.4 Å². The fraction of sp³-hybridized carbons (Fsp3) is 0.316. The third kappa shape index (κ3) is 3.31.